The lowest BCUT2D eigenvalue weighted by Crippen LogP contribution is -2.20. The summed E-state index contributed by atoms with van der Waals surface area (Å²) < 4.78 is 45.3. The Bertz CT molecular complexity index is 874. The van der Waals surface area contributed by atoms with Crippen LogP contribution >= 0.6 is 11.8 Å². The van der Waals surface area contributed by atoms with Gasteiger partial charge < -0.3 is 9.84 Å². The number of ether oxygens (including phenoxy) is 1. The van der Waals surface area contributed by atoms with E-state index >= 15 is 0 Å². The molecule has 0 spiro atoms. The van der Waals surface area contributed by atoms with E-state index in [0.29, 0.717) is 5.75 Å². The number of aliphatic hydroxyl groups excluding tert-OH is 1. The van der Waals surface area contributed by atoms with Crippen LogP contribution in [0.3, 0.4) is 0 Å². The minimum absolute atomic E-state index is 0.0716. The third-order valence-corrected chi connectivity index (χ3v) is 4.51. The highest BCUT2D eigenvalue weighted by Crippen LogP contribution is 2.30. The Morgan fingerprint density at radius 2 is 1.89 bits per heavy atom. The number of nitrogens with zero attached hydrogens (tertiary/aromatic N) is 4. The van der Waals surface area contributed by atoms with Gasteiger partial charge in [0.1, 0.15) is 12.4 Å². The molecule has 1 N–H and O–H groups in total. The average Bonchev–Trinajstić information content (AvgIpc) is 3.13. The zero-order chi connectivity index (χ0) is 19.3. The number of thioether (sulfide) groups is 1. The van der Waals surface area contributed by atoms with Gasteiger partial charge in [-0.3, -0.25) is 0 Å². The Labute approximate surface area is 157 Å². The number of halogens is 3. The van der Waals surface area contributed by atoms with Crippen molar-refractivity contribution in [2.75, 3.05) is 12.4 Å². The first-order valence-corrected chi connectivity index (χ1v) is 8.87. The summed E-state index contributed by atoms with van der Waals surface area (Å²) in [6, 6.07) is 13.7. The fourth-order valence-electron chi connectivity index (χ4n) is 2.17. The summed E-state index contributed by atoms with van der Waals surface area (Å²) in [7, 11) is 0. The maximum absolute atomic E-state index is 12.9. The van der Waals surface area contributed by atoms with Crippen molar-refractivity contribution < 1.29 is 23.0 Å². The highest BCUT2D eigenvalue weighted by Gasteiger charge is 2.30. The molecule has 27 heavy (non-hydrogen) atoms. The van der Waals surface area contributed by atoms with Crippen LogP contribution in [-0.2, 0) is 6.18 Å². The Morgan fingerprint density at radius 1 is 1.11 bits per heavy atom. The fraction of sp³-hybridized carbons (Fsp3) is 0.235. The van der Waals surface area contributed by atoms with Crippen molar-refractivity contribution in [2.24, 2.45) is 0 Å². The molecule has 142 valence electrons. The fourth-order valence-corrected chi connectivity index (χ4v) is 2.97. The summed E-state index contributed by atoms with van der Waals surface area (Å²) in [6.45, 7) is 0.0716. The molecule has 1 heterocycles. The molecular formula is C17H15F3N4O2S. The minimum Gasteiger partial charge on any atom is -0.491 e. The minimum atomic E-state index is -4.46. The van der Waals surface area contributed by atoms with E-state index in [1.807, 2.05) is 18.2 Å². The summed E-state index contributed by atoms with van der Waals surface area (Å²) >= 11 is 1.12. The Kier molecular flexibility index (Phi) is 5.97. The van der Waals surface area contributed by atoms with E-state index in [0.717, 1.165) is 23.9 Å². The Morgan fingerprint density at radius 3 is 2.63 bits per heavy atom. The van der Waals surface area contributed by atoms with Gasteiger partial charge in [-0.2, -0.15) is 17.9 Å². The number of alkyl halides is 3. The molecule has 0 amide bonds. The van der Waals surface area contributed by atoms with Crippen LogP contribution in [-0.4, -0.2) is 43.8 Å². The molecular weight excluding hydrogens is 381 g/mol. The van der Waals surface area contributed by atoms with Gasteiger partial charge in [-0.05, 0) is 40.8 Å². The standard InChI is InChI=1S/C17H15F3N4O2S/c18-17(19,20)12-5-4-6-13(9-12)24-16(21-22-23-24)27-11-14(25)10-26-15-7-2-1-3-8-15/h1-9,14,25H,10-11H2/t14-/m1/s1. The van der Waals surface area contributed by atoms with E-state index in [4.69, 9.17) is 4.74 Å². The van der Waals surface area contributed by atoms with Crippen molar-refractivity contribution in [1.29, 1.82) is 0 Å². The first-order chi connectivity index (χ1) is 12.9. The average molecular weight is 396 g/mol. The number of aromatic nitrogens is 4. The molecule has 6 nitrogen and oxygen atoms in total. The molecule has 0 saturated heterocycles. The molecule has 0 saturated carbocycles. The van der Waals surface area contributed by atoms with Crippen LogP contribution in [0.15, 0.2) is 59.8 Å². The Hall–Kier alpha value is -2.59. The highest BCUT2D eigenvalue weighted by molar-refractivity contribution is 7.99. The first-order valence-electron chi connectivity index (χ1n) is 7.88. The molecule has 1 atom stereocenters. The van der Waals surface area contributed by atoms with Gasteiger partial charge in [-0.15, -0.1) is 5.10 Å². The zero-order valence-corrected chi connectivity index (χ0v) is 14.7. The van der Waals surface area contributed by atoms with Crippen LogP contribution in [0, 0.1) is 0 Å². The van der Waals surface area contributed by atoms with E-state index in [1.54, 1.807) is 12.1 Å². The van der Waals surface area contributed by atoms with Crippen molar-refractivity contribution >= 4 is 11.8 Å². The van der Waals surface area contributed by atoms with Gasteiger partial charge in [0.2, 0.25) is 5.16 Å². The highest BCUT2D eigenvalue weighted by atomic mass is 32.2. The lowest BCUT2D eigenvalue weighted by atomic mass is 10.2. The van der Waals surface area contributed by atoms with Crippen LogP contribution in [0.4, 0.5) is 13.2 Å². The summed E-state index contributed by atoms with van der Waals surface area (Å²) in [6.07, 6.45) is -5.26. The number of tetrazole rings is 1. The quantitative estimate of drug-likeness (QED) is 0.619. The van der Waals surface area contributed by atoms with Crippen LogP contribution in [0.5, 0.6) is 5.75 Å². The largest absolute Gasteiger partial charge is 0.491 e. The van der Waals surface area contributed by atoms with E-state index < -0.39 is 17.8 Å². The molecule has 0 aliphatic carbocycles. The second kappa shape index (κ2) is 8.40. The SMILES string of the molecule is O[C@H](COc1ccccc1)CSc1nnnn1-c1cccc(C(F)(F)F)c1. The normalized spacial score (nSPS) is 12.7. The molecule has 3 aromatic rings. The number of aliphatic hydroxyl groups is 1. The molecule has 0 aliphatic heterocycles. The third-order valence-electron chi connectivity index (χ3n) is 3.45. The number of rotatable bonds is 7. The number of benzene rings is 2. The molecule has 1 aromatic heterocycles. The molecule has 0 radical (unpaired) electrons. The molecule has 10 heteroatoms. The van der Waals surface area contributed by atoms with Gasteiger partial charge in [0, 0.05) is 5.75 Å². The van der Waals surface area contributed by atoms with E-state index in [-0.39, 0.29) is 23.2 Å². The van der Waals surface area contributed by atoms with Crippen LogP contribution in [0.2, 0.25) is 0 Å². The maximum atomic E-state index is 12.9. The topological polar surface area (TPSA) is 73.1 Å². The van der Waals surface area contributed by atoms with Gasteiger partial charge in [0.15, 0.2) is 0 Å². The first kappa shape index (κ1) is 19.2. The predicted molar refractivity (Wildman–Crippen MR) is 92.8 cm³/mol. The van der Waals surface area contributed by atoms with Crippen molar-refractivity contribution in [1.82, 2.24) is 20.2 Å². The van der Waals surface area contributed by atoms with Gasteiger partial charge in [0.25, 0.3) is 0 Å². The zero-order valence-electron chi connectivity index (χ0n) is 13.9. The van der Waals surface area contributed by atoms with E-state index in [2.05, 4.69) is 15.5 Å². The van der Waals surface area contributed by atoms with Crippen molar-refractivity contribution in [2.45, 2.75) is 17.4 Å². The van der Waals surface area contributed by atoms with Gasteiger partial charge in [0.05, 0.1) is 17.4 Å². The van der Waals surface area contributed by atoms with Crippen LogP contribution in [0.1, 0.15) is 5.56 Å². The van der Waals surface area contributed by atoms with Crippen molar-refractivity contribution in [3.8, 4) is 11.4 Å². The summed E-state index contributed by atoms with van der Waals surface area (Å²) in [4.78, 5) is 0. The maximum Gasteiger partial charge on any atom is 0.416 e. The van der Waals surface area contributed by atoms with E-state index in [9.17, 15) is 18.3 Å². The van der Waals surface area contributed by atoms with Gasteiger partial charge in [-0.25, -0.2) is 0 Å². The van der Waals surface area contributed by atoms with Gasteiger partial charge in [-0.1, -0.05) is 36.0 Å². The molecule has 0 fully saturated rings. The lowest BCUT2D eigenvalue weighted by molar-refractivity contribution is -0.137. The third kappa shape index (κ3) is 5.20. The summed E-state index contributed by atoms with van der Waals surface area (Å²) in [5.74, 6) is 0.849. The summed E-state index contributed by atoms with van der Waals surface area (Å²) in [5, 5.41) is 21.4. The molecule has 0 unspecified atom stereocenters. The van der Waals surface area contributed by atoms with Crippen molar-refractivity contribution in [3.63, 3.8) is 0 Å². The van der Waals surface area contributed by atoms with Crippen LogP contribution in [0.25, 0.3) is 5.69 Å². The second-order valence-electron chi connectivity index (χ2n) is 5.51. The monoisotopic (exact) mass is 396 g/mol. The predicted octanol–water partition coefficient (Wildman–Crippen LogP) is 3.21. The molecule has 2 aromatic carbocycles. The Balaban J connectivity index is 1.62. The van der Waals surface area contributed by atoms with Crippen LogP contribution < -0.4 is 4.74 Å². The van der Waals surface area contributed by atoms with Gasteiger partial charge >= 0.3 is 6.18 Å². The number of hydrogen-bond donors (Lipinski definition) is 1. The second-order valence-corrected chi connectivity index (χ2v) is 6.50. The lowest BCUT2D eigenvalue weighted by Gasteiger charge is -2.12. The number of para-hydroxylation sites is 1. The summed E-state index contributed by atoms with van der Waals surface area (Å²) in [5.41, 5.74) is -0.602. The van der Waals surface area contributed by atoms with E-state index in [1.165, 1.54) is 16.8 Å². The van der Waals surface area contributed by atoms with Crippen molar-refractivity contribution in [3.05, 3.63) is 60.2 Å². The molecule has 3 rings (SSSR count). The molecule has 0 bridgehead atoms. The number of hydrogen-bond acceptors (Lipinski definition) is 6. The smallest absolute Gasteiger partial charge is 0.416 e. The molecule has 0 aliphatic rings.